The van der Waals surface area contributed by atoms with Crippen molar-refractivity contribution >= 4 is 5.97 Å². The minimum Gasteiger partial charge on any atom is -0.301 e. The normalized spacial score (nSPS) is 11.3. The van der Waals surface area contributed by atoms with Crippen LogP contribution in [0, 0.1) is 22.7 Å². The van der Waals surface area contributed by atoms with E-state index in [-0.39, 0.29) is 0 Å². The fourth-order valence-electron chi connectivity index (χ4n) is 1.92. The van der Waals surface area contributed by atoms with Crippen molar-refractivity contribution in [2.24, 2.45) is 10.2 Å². The summed E-state index contributed by atoms with van der Waals surface area (Å²) in [5.74, 6) is -0.516. The van der Waals surface area contributed by atoms with Gasteiger partial charge < -0.3 is 4.89 Å². The Labute approximate surface area is 164 Å². The molecule has 7 heteroatoms. The Morgan fingerprint density at radius 1 is 0.852 bits per heavy atom. The molecule has 0 aromatic carbocycles. The summed E-state index contributed by atoms with van der Waals surface area (Å²) in [6, 6.07) is 3.94. The molecule has 0 fully saturated rings. The first-order chi connectivity index (χ1) is 12.6. The van der Waals surface area contributed by atoms with Gasteiger partial charge in [0.2, 0.25) is 0 Å². The Hall–Kier alpha value is -1.99. The average Bonchev–Trinajstić information content (AvgIpc) is 2.65. The van der Waals surface area contributed by atoms with E-state index in [2.05, 4.69) is 22.0 Å². The van der Waals surface area contributed by atoms with Gasteiger partial charge in [-0.3, -0.25) is 0 Å². The van der Waals surface area contributed by atoms with Crippen LogP contribution >= 0.6 is 0 Å². The predicted molar refractivity (Wildman–Crippen MR) is 105 cm³/mol. The van der Waals surface area contributed by atoms with Crippen LogP contribution in [0.3, 0.4) is 0 Å². The second-order valence-electron chi connectivity index (χ2n) is 7.58. The third-order valence-corrected chi connectivity index (χ3v) is 3.68. The number of rotatable bonds is 12. The molecule has 1 N–H and O–H groups in total. The Bertz CT molecular complexity index is 474. The number of carbonyl (C=O) groups excluding carboxylic acids is 1. The van der Waals surface area contributed by atoms with Crippen LogP contribution in [0.4, 0.5) is 0 Å². The van der Waals surface area contributed by atoms with Gasteiger partial charge in [-0.25, -0.2) is 4.79 Å². The van der Waals surface area contributed by atoms with Crippen LogP contribution in [0.15, 0.2) is 10.2 Å². The minimum absolute atomic E-state index is 0.340. The van der Waals surface area contributed by atoms with Crippen LogP contribution in [-0.2, 0) is 9.68 Å². The van der Waals surface area contributed by atoms with Gasteiger partial charge >= 0.3 is 5.97 Å². The van der Waals surface area contributed by atoms with E-state index in [4.69, 9.17) is 15.8 Å². The molecule has 0 heterocycles. The summed E-state index contributed by atoms with van der Waals surface area (Å²) in [5, 5.41) is 32.7. The zero-order valence-electron chi connectivity index (χ0n) is 17.6. The van der Waals surface area contributed by atoms with E-state index in [1.807, 2.05) is 12.1 Å². The van der Waals surface area contributed by atoms with Crippen LogP contribution in [-0.4, -0.2) is 22.3 Å². The lowest BCUT2D eigenvalue weighted by atomic mass is 10.1. The van der Waals surface area contributed by atoms with Gasteiger partial charge in [-0.1, -0.05) is 58.3 Å². The number of hydrogen-bond donors (Lipinski definition) is 1. The predicted octanol–water partition coefficient (Wildman–Crippen LogP) is 5.97. The molecule has 0 aromatic heterocycles. The van der Waals surface area contributed by atoms with Crippen molar-refractivity contribution in [1.82, 2.24) is 0 Å². The highest BCUT2D eigenvalue weighted by molar-refractivity contribution is 5.68. The Balaban J connectivity index is 0. The molecule has 0 unspecified atom stereocenters. The zero-order chi connectivity index (χ0) is 21.2. The fraction of sp³-hybridized carbons (Fsp3) is 0.850. The third-order valence-electron chi connectivity index (χ3n) is 3.68. The Morgan fingerprint density at radius 3 is 1.56 bits per heavy atom. The van der Waals surface area contributed by atoms with Gasteiger partial charge in [0.25, 0.3) is 0 Å². The molecule has 0 saturated carbocycles. The van der Waals surface area contributed by atoms with Gasteiger partial charge in [0.1, 0.15) is 0 Å². The van der Waals surface area contributed by atoms with Crippen molar-refractivity contribution in [2.45, 2.75) is 110 Å². The monoisotopic (exact) mass is 380 g/mol. The van der Waals surface area contributed by atoms with E-state index < -0.39 is 17.0 Å². The Kier molecular flexibility index (Phi) is 16.3. The van der Waals surface area contributed by atoms with E-state index in [9.17, 15) is 4.79 Å². The molecule has 0 aliphatic heterocycles. The first-order valence-electron chi connectivity index (χ1n) is 9.75. The molecule has 0 aromatic rings. The van der Waals surface area contributed by atoms with Crippen LogP contribution < -0.4 is 0 Å². The lowest BCUT2D eigenvalue weighted by Crippen LogP contribution is -2.17. The van der Waals surface area contributed by atoms with E-state index in [1.54, 1.807) is 27.7 Å². The lowest BCUT2D eigenvalue weighted by molar-refractivity contribution is -0.234. The molecular weight excluding hydrogens is 344 g/mol. The molecule has 0 saturated heterocycles. The SMILES string of the molecule is CC(C)(C#N)N=NC(C)(C)C#N.CCCCCCCCCCCC(=O)OO. The van der Waals surface area contributed by atoms with Gasteiger partial charge in [-0.2, -0.15) is 26.0 Å². The summed E-state index contributed by atoms with van der Waals surface area (Å²) < 4.78 is 0. The first kappa shape index (κ1) is 27.2. The van der Waals surface area contributed by atoms with Gasteiger partial charge in [-0.15, -0.1) is 0 Å². The van der Waals surface area contributed by atoms with Crippen LogP contribution in [0.1, 0.15) is 98.8 Å². The summed E-state index contributed by atoms with van der Waals surface area (Å²) in [6.07, 6.45) is 11.3. The number of carbonyl (C=O) groups is 1. The van der Waals surface area contributed by atoms with Crippen molar-refractivity contribution in [3.05, 3.63) is 0 Å². The minimum atomic E-state index is -0.839. The van der Waals surface area contributed by atoms with Crippen molar-refractivity contribution in [2.75, 3.05) is 0 Å². The maximum absolute atomic E-state index is 10.5. The van der Waals surface area contributed by atoms with Crippen molar-refractivity contribution < 1.29 is 14.9 Å². The summed E-state index contributed by atoms with van der Waals surface area (Å²) in [5.41, 5.74) is -1.68. The standard InChI is InChI=1S/C12H24O3.C8H12N4/c1-2-3-4-5-6-7-8-9-10-11-12(13)15-14;1-7(2,5-9)11-12-8(3,4)6-10/h14H,2-11H2,1H3;1-4H3. The number of nitriles is 2. The first-order valence-corrected chi connectivity index (χ1v) is 9.75. The molecule has 27 heavy (non-hydrogen) atoms. The van der Waals surface area contributed by atoms with Crippen LogP contribution in [0.2, 0.25) is 0 Å². The molecule has 154 valence electrons. The molecule has 0 spiro atoms. The molecule has 0 atom stereocenters. The number of azo groups is 1. The molecular formula is C20H36N4O3. The van der Waals surface area contributed by atoms with Crippen molar-refractivity contribution in [1.29, 1.82) is 10.5 Å². The quantitative estimate of drug-likeness (QED) is 0.194. The van der Waals surface area contributed by atoms with Gasteiger partial charge in [-0.05, 0) is 34.1 Å². The van der Waals surface area contributed by atoms with Gasteiger partial charge in [0, 0.05) is 6.42 Å². The topological polar surface area (TPSA) is 119 Å². The number of unbranched alkanes of at least 4 members (excludes halogenated alkanes) is 8. The highest BCUT2D eigenvalue weighted by Gasteiger charge is 2.19. The van der Waals surface area contributed by atoms with Crippen molar-refractivity contribution in [3.8, 4) is 12.1 Å². The summed E-state index contributed by atoms with van der Waals surface area (Å²) in [7, 11) is 0. The van der Waals surface area contributed by atoms with E-state index in [0.717, 1.165) is 12.8 Å². The number of hydrogen-bond acceptors (Lipinski definition) is 7. The maximum atomic E-state index is 10.5. The molecule has 0 amide bonds. The third kappa shape index (κ3) is 20.2. The molecule has 0 radical (unpaired) electrons. The average molecular weight is 381 g/mol. The largest absolute Gasteiger partial charge is 0.342 e. The summed E-state index contributed by atoms with van der Waals surface area (Å²) >= 11 is 0. The molecule has 7 nitrogen and oxygen atoms in total. The highest BCUT2D eigenvalue weighted by Crippen LogP contribution is 2.13. The molecule has 0 bridgehead atoms. The van der Waals surface area contributed by atoms with Gasteiger partial charge in [0.15, 0.2) is 11.1 Å². The molecule has 0 aliphatic carbocycles. The lowest BCUT2D eigenvalue weighted by Gasteiger charge is -2.11. The summed E-state index contributed by atoms with van der Waals surface area (Å²) in [6.45, 7) is 8.79. The second-order valence-corrected chi connectivity index (χ2v) is 7.58. The van der Waals surface area contributed by atoms with E-state index in [1.165, 1.54) is 44.9 Å². The number of nitrogens with zero attached hydrogens (tertiary/aromatic N) is 4. The smallest absolute Gasteiger partial charge is 0.301 e. The fourth-order valence-corrected chi connectivity index (χ4v) is 1.92. The van der Waals surface area contributed by atoms with E-state index >= 15 is 0 Å². The second kappa shape index (κ2) is 16.2. The van der Waals surface area contributed by atoms with Crippen LogP contribution in [0.5, 0.6) is 0 Å². The highest BCUT2D eigenvalue weighted by atomic mass is 17.1. The maximum Gasteiger partial charge on any atom is 0.342 e. The van der Waals surface area contributed by atoms with Gasteiger partial charge in [0.05, 0.1) is 12.1 Å². The Morgan fingerprint density at radius 2 is 1.22 bits per heavy atom. The van der Waals surface area contributed by atoms with E-state index in [0.29, 0.717) is 6.42 Å². The van der Waals surface area contributed by atoms with Crippen LogP contribution in [0.25, 0.3) is 0 Å². The summed E-state index contributed by atoms with van der Waals surface area (Å²) in [4.78, 5) is 14.1. The molecule has 0 rings (SSSR count). The van der Waals surface area contributed by atoms with Crippen molar-refractivity contribution in [3.63, 3.8) is 0 Å². The zero-order valence-corrected chi connectivity index (χ0v) is 17.6. The molecule has 0 aliphatic rings.